The molecule has 0 bridgehead atoms. The van der Waals surface area contributed by atoms with Crippen molar-refractivity contribution in [3.05, 3.63) is 0 Å². The van der Waals surface area contributed by atoms with Gasteiger partial charge in [-0.05, 0) is 66.1 Å². The van der Waals surface area contributed by atoms with E-state index in [4.69, 9.17) is 4.18 Å². The summed E-state index contributed by atoms with van der Waals surface area (Å²) in [7, 11) is -4.93. The molecular weight excluding hydrogens is 528 g/mol. The lowest BCUT2D eigenvalue weighted by Crippen LogP contribution is -2.70. The second-order valence-electron chi connectivity index (χ2n) is 14.1. The van der Waals surface area contributed by atoms with Crippen LogP contribution in [0.3, 0.4) is 0 Å². The van der Waals surface area contributed by atoms with E-state index in [9.17, 15) is 43.3 Å². The molecule has 226 valence electrons. The highest BCUT2D eigenvalue weighted by Gasteiger charge is 2.70. The van der Waals surface area contributed by atoms with Crippen LogP contribution in [0.5, 0.6) is 0 Å². The molecule has 39 heavy (non-hydrogen) atoms. The molecule has 4 aliphatic rings. The number of hydrogen-bond donors (Lipinski definition) is 6. The summed E-state index contributed by atoms with van der Waals surface area (Å²) >= 11 is 0. The smallest absolute Gasteiger partial charge is 0.393 e. The number of fused-ring (bicyclic) bond motifs is 5. The van der Waals surface area contributed by atoms with Crippen LogP contribution < -0.4 is 0 Å². The van der Waals surface area contributed by atoms with Crippen LogP contribution in [0.4, 0.5) is 0 Å². The van der Waals surface area contributed by atoms with Crippen molar-refractivity contribution in [2.45, 2.75) is 110 Å². The third kappa shape index (κ3) is 5.13. The lowest BCUT2D eigenvalue weighted by atomic mass is 9.42. The predicted octanol–water partition coefficient (Wildman–Crippen LogP) is 1.57. The van der Waals surface area contributed by atoms with Crippen molar-refractivity contribution < 1.29 is 47.5 Å². The van der Waals surface area contributed by atoms with Crippen LogP contribution >= 0.6 is 0 Å². The molecule has 0 heterocycles. The first-order valence-electron chi connectivity index (χ1n) is 14.4. The van der Waals surface area contributed by atoms with Gasteiger partial charge in [-0.15, -0.1) is 0 Å². The third-order valence-corrected chi connectivity index (χ3v) is 12.4. The van der Waals surface area contributed by atoms with Gasteiger partial charge in [-0.3, -0.25) is 9.35 Å². The first kappa shape index (κ1) is 31.3. The van der Waals surface area contributed by atoms with Gasteiger partial charge in [-0.2, -0.15) is 8.42 Å². The SMILES string of the molecule is CC(C)[C@H](C)C[C@H](O)[C@@H](C)[C@H]1CC(=O)[C@@H]2[C@@H]3[C@@H](O)[C@H](O)[C@H]4[C@H](O)[C@@H](O)[C@@H](OS(=O)(=O)O)C[C@]4(C)[C@H]3CC[C@]12C. The van der Waals surface area contributed by atoms with Gasteiger partial charge in [0.25, 0.3) is 0 Å². The molecule has 4 rings (SSSR count). The van der Waals surface area contributed by atoms with Gasteiger partial charge in [0, 0.05) is 24.2 Å². The van der Waals surface area contributed by atoms with Gasteiger partial charge >= 0.3 is 10.4 Å². The van der Waals surface area contributed by atoms with Crippen LogP contribution in [-0.4, -0.2) is 80.9 Å². The van der Waals surface area contributed by atoms with Crippen molar-refractivity contribution in [1.29, 1.82) is 0 Å². The molecule has 15 atom stereocenters. The Bertz CT molecular complexity index is 1030. The van der Waals surface area contributed by atoms with Gasteiger partial charge in [-0.1, -0.05) is 41.5 Å². The minimum absolute atomic E-state index is 0.0106. The summed E-state index contributed by atoms with van der Waals surface area (Å²) in [6.07, 6.45) is -6.15. The topological polar surface area (TPSA) is 182 Å². The number of carbonyl (C=O) groups is 1. The molecule has 10 nitrogen and oxygen atoms in total. The van der Waals surface area contributed by atoms with E-state index in [1.54, 1.807) is 6.92 Å². The van der Waals surface area contributed by atoms with Crippen molar-refractivity contribution in [2.75, 3.05) is 0 Å². The second-order valence-corrected chi connectivity index (χ2v) is 15.2. The maximum atomic E-state index is 13.7. The number of ketones is 1. The normalized spacial score (nSPS) is 48.7. The molecule has 0 aromatic carbocycles. The van der Waals surface area contributed by atoms with Crippen LogP contribution in [0.25, 0.3) is 0 Å². The van der Waals surface area contributed by atoms with Crippen molar-refractivity contribution in [3.8, 4) is 0 Å². The van der Waals surface area contributed by atoms with E-state index in [1.165, 1.54) is 0 Å². The first-order chi connectivity index (χ1) is 17.8. The summed E-state index contributed by atoms with van der Waals surface area (Å²) in [5.41, 5.74) is -1.50. The van der Waals surface area contributed by atoms with Crippen molar-refractivity contribution >= 4 is 16.2 Å². The summed E-state index contributed by atoms with van der Waals surface area (Å²) in [5, 5.41) is 55.5. The molecule has 4 saturated carbocycles. The third-order valence-electron chi connectivity index (χ3n) is 11.9. The highest BCUT2D eigenvalue weighted by molar-refractivity contribution is 7.80. The lowest BCUT2D eigenvalue weighted by molar-refractivity contribution is -0.264. The molecule has 0 spiro atoms. The molecule has 11 heteroatoms. The van der Waals surface area contributed by atoms with Gasteiger partial charge in [0.2, 0.25) is 0 Å². The Kier molecular flexibility index (Phi) is 8.47. The minimum atomic E-state index is -4.93. The molecule has 0 aromatic rings. The fourth-order valence-corrected chi connectivity index (χ4v) is 9.87. The predicted molar refractivity (Wildman–Crippen MR) is 141 cm³/mol. The minimum Gasteiger partial charge on any atom is -0.393 e. The van der Waals surface area contributed by atoms with Gasteiger partial charge < -0.3 is 25.5 Å². The Morgan fingerprint density at radius 3 is 2.13 bits per heavy atom. The van der Waals surface area contributed by atoms with Crippen molar-refractivity contribution in [1.82, 2.24) is 0 Å². The Morgan fingerprint density at radius 1 is 0.974 bits per heavy atom. The van der Waals surface area contributed by atoms with Crippen molar-refractivity contribution in [3.63, 3.8) is 0 Å². The van der Waals surface area contributed by atoms with Gasteiger partial charge in [-0.25, -0.2) is 4.18 Å². The van der Waals surface area contributed by atoms with Crippen LogP contribution in [0.1, 0.15) is 73.6 Å². The monoisotopic (exact) mass is 576 g/mol. The zero-order valence-electron chi connectivity index (χ0n) is 23.8. The van der Waals surface area contributed by atoms with E-state index < -0.39 is 75.6 Å². The molecule has 4 fully saturated rings. The zero-order valence-corrected chi connectivity index (χ0v) is 24.7. The van der Waals surface area contributed by atoms with E-state index in [1.807, 2.05) is 6.92 Å². The molecule has 0 radical (unpaired) electrons. The number of aliphatic hydroxyl groups excluding tert-OH is 5. The number of rotatable bonds is 7. The summed E-state index contributed by atoms with van der Waals surface area (Å²) in [4.78, 5) is 13.7. The van der Waals surface area contributed by atoms with Crippen LogP contribution in [-0.2, 0) is 19.4 Å². The standard InChI is InChI=1S/C28H48O10S/c1-12(2)13(3)9-17(29)14(4)16-10-18(30)21-20-15(7-8-27(16,21)5)28(6)11-19(38-39(35,36)37)23(31)25(33)22(28)26(34)24(20)32/h12-17,19-26,29,31-34H,7-11H2,1-6H3,(H,35,36,37)/t13-,14+,15+,16-,17+,19+,20-,21-,22-,23+,24-,25+,26-,27-,28-/m1/s1. The van der Waals surface area contributed by atoms with Crippen molar-refractivity contribution in [2.24, 2.45) is 58.2 Å². The number of carbonyl (C=O) groups excluding carboxylic acids is 1. The lowest BCUT2D eigenvalue weighted by Gasteiger charge is -2.64. The molecule has 0 saturated heterocycles. The maximum Gasteiger partial charge on any atom is 0.397 e. The van der Waals surface area contributed by atoms with Crippen LogP contribution in [0.15, 0.2) is 0 Å². The average Bonchev–Trinajstić information content (AvgIpc) is 3.09. The molecular formula is C28H48O10S. The molecule has 0 amide bonds. The zero-order chi connectivity index (χ0) is 29.4. The number of hydrogen-bond acceptors (Lipinski definition) is 9. The Balaban J connectivity index is 1.67. The van der Waals surface area contributed by atoms with Crippen LogP contribution in [0, 0.1) is 58.2 Å². The van der Waals surface area contributed by atoms with E-state index >= 15 is 0 Å². The summed E-state index contributed by atoms with van der Waals surface area (Å²) in [6.45, 7) is 12.2. The Morgan fingerprint density at radius 2 is 1.56 bits per heavy atom. The maximum absolute atomic E-state index is 13.7. The molecule has 0 aromatic heterocycles. The fourth-order valence-electron chi connectivity index (χ4n) is 9.38. The molecule has 6 N–H and O–H groups in total. The number of aliphatic hydroxyl groups is 5. The summed E-state index contributed by atoms with van der Waals surface area (Å²) in [5.74, 6) is -2.11. The Labute approximate surface area is 232 Å². The van der Waals surface area contributed by atoms with E-state index in [2.05, 4.69) is 27.7 Å². The molecule has 0 unspecified atom stereocenters. The van der Waals surface area contributed by atoms with E-state index in [0.29, 0.717) is 31.1 Å². The molecule has 4 aliphatic carbocycles. The van der Waals surface area contributed by atoms with E-state index in [0.717, 1.165) is 0 Å². The first-order valence-corrected chi connectivity index (χ1v) is 15.8. The summed E-state index contributed by atoms with van der Waals surface area (Å²) in [6, 6.07) is 0. The highest BCUT2D eigenvalue weighted by atomic mass is 32.3. The molecule has 0 aliphatic heterocycles. The van der Waals surface area contributed by atoms with Gasteiger partial charge in [0.15, 0.2) is 0 Å². The largest absolute Gasteiger partial charge is 0.397 e. The van der Waals surface area contributed by atoms with Gasteiger partial charge in [0.1, 0.15) is 18.0 Å². The fraction of sp³-hybridized carbons (Fsp3) is 0.964. The van der Waals surface area contributed by atoms with E-state index in [-0.39, 0.29) is 36.4 Å². The summed E-state index contributed by atoms with van der Waals surface area (Å²) < 4.78 is 37.0. The second kappa shape index (κ2) is 10.6. The number of Topliss-reactive ketones (excluding diaryl/α,β-unsaturated/α-hetero) is 1. The van der Waals surface area contributed by atoms with Gasteiger partial charge in [0.05, 0.1) is 24.4 Å². The highest BCUT2D eigenvalue weighted by Crippen LogP contribution is 2.67. The Hall–Kier alpha value is -0.660. The average molecular weight is 577 g/mol. The quantitative estimate of drug-likeness (QED) is 0.243. The van der Waals surface area contributed by atoms with Crippen LogP contribution in [0.2, 0.25) is 0 Å².